The van der Waals surface area contributed by atoms with Gasteiger partial charge in [-0.2, -0.15) is 0 Å². The maximum atomic E-state index is 12.6. The Hall–Kier alpha value is -2.86. The van der Waals surface area contributed by atoms with Crippen LogP contribution in [0.2, 0.25) is 0 Å². The van der Waals surface area contributed by atoms with E-state index in [0.29, 0.717) is 17.0 Å². The minimum absolute atomic E-state index is 0.156. The molecule has 2 aromatic carbocycles. The summed E-state index contributed by atoms with van der Waals surface area (Å²) in [7, 11) is 1.61. The second-order valence-electron chi connectivity index (χ2n) is 6.88. The first-order valence-electron chi connectivity index (χ1n) is 9.35. The fourth-order valence-electron chi connectivity index (χ4n) is 3.54. The van der Waals surface area contributed by atoms with Gasteiger partial charge in [-0.1, -0.05) is 6.07 Å². The molecule has 0 saturated carbocycles. The molecule has 1 saturated heterocycles. The fraction of sp³-hybridized carbons (Fsp3) is 0.333. The zero-order chi connectivity index (χ0) is 18.6. The number of nitrogens with one attached hydrogen (secondary N) is 1. The Morgan fingerprint density at radius 2 is 2.00 bits per heavy atom. The highest BCUT2D eigenvalue weighted by molar-refractivity contribution is 6.06. The van der Waals surface area contributed by atoms with E-state index in [1.165, 1.54) is 25.9 Å². The molecule has 4 rings (SSSR count). The van der Waals surface area contributed by atoms with Crippen molar-refractivity contribution < 1.29 is 9.53 Å². The minimum atomic E-state index is -0.156. The maximum Gasteiger partial charge on any atom is 0.255 e. The maximum absolute atomic E-state index is 12.6. The summed E-state index contributed by atoms with van der Waals surface area (Å²) in [6.07, 6.45) is 4.47. The topological polar surface area (TPSA) is 59.4 Å². The predicted molar refractivity (Wildman–Crippen MR) is 106 cm³/mol. The molecule has 0 aliphatic carbocycles. The molecule has 6 nitrogen and oxygen atoms in total. The highest BCUT2D eigenvalue weighted by Crippen LogP contribution is 2.20. The summed E-state index contributed by atoms with van der Waals surface area (Å²) < 4.78 is 7.36. The van der Waals surface area contributed by atoms with E-state index in [1.54, 1.807) is 13.2 Å². The van der Waals surface area contributed by atoms with Crippen LogP contribution in [0.3, 0.4) is 0 Å². The van der Waals surface area contributed by atoms with Gasteiger partial charge in [0.05, 0.1) is 24.5 Å². The number of likely N-dealkylation sites (tertiary alicyclic amines) is 1. The molecule has 27 heavy (non-hydrogen) atoms. The van der Waals surface area contributed by atoms with Crippen LogP contribution in [0, 0.1) is 0 Å². The number of carbonyl (C=O) groups is 1. The summed E-state index contributed by atoms with van der Waals surface area (Å²) in [4.78, 5) is 19.5. The van der Waals surface area contributed by atoms with Crippen LogP contribution >= 0.6 is 0 Å². The van der Waals surface area contributed by atoms with Gasteiger partial charge < -0.3 is 19.5 Å². The average molecular weight is 364 g/mol. The van der Waals surface area contributed by atoms with Crippen molar-refractivity contribution in [1.82, 2.24) is 14.5 Å². The number of rotatable bonds is 6. The largest absolute Gasteiger partial charge is 0.497 e. The number of hydrogen-bond acceptors (Lipinski definition) is 4. The molecule has 140 valence electrons. The molecule has 3 aromatic rings. The van der Waals surface area contributed by atoms with Crippen LogP contribution in [0.25, 0.3) is 11.0 Å². The number of carbonyl (C=O) groups excluding carboxylic acids is 1. The Kier molecular flexibility index (Phi) is 5.07. The molecule has 0 unspecified atom stereocenters. The lowest BCUT2D eigenvalue weighted by Crippen LogP contribution is -2.23. The SMILES string of the molecule is COc1cccc(NC(=O)c2ccc3c(c2)ncn3CCN2CCCC2)c1. The summed E-state index contributed by atoms with van der Waals surface area (Å²) in [5, 5.41) is 2.91. The highest BCUT2D eigenvalue weighted by atomic mass is 16.5. The van der Waals surface area contributed by atoms with Crippen LogP contribution in [-0.4, -0.2) is 47.1 Å². The quantitative estimate of drug-likeness (QED) is 0.728. The van der Waals surface area contributed by atoms with Gasteiger partial charge in [-0.15, -0.1) is 0 Å². The van der Waals surface area contributed by atoms with Crippen molar-refractivity contribution >= 4 is 22.6 Å². The number of anilines is 1. The van der Waals surface area contributed by atoms with Crippen LogP contribution in [0.4, 0.5) is 5.69 Å². The molecular weight excluding hydrogens is 340 g/mol. The van der Waals surface area contributed by atoms with E-state index in [9.17, 15) is 4.79 Å². The van der Waals surface area contributed by atoms with Gasteiger partial charge in [0.15, 0.2) is 0 Å². The van der Waals surface area contributed by atoms with E-state index in [0.717, 1.165) is 24.1 Å². The van der Waals surface area contributed by atoms with Gasteiger partial charge in [0.25, 0.3) is 5.91 Å². The Balaban J connectivity index is 1.47. The molecule has 1 aliphatic heterocycles. The van der Waals surface area contributed by atoms with Crippen molar-refractivity contribution in [3.05, 3.63) is 54.4 Å². The molecule has 0 radical (unpaired) electrons. The number of fused-ring (bicyclic) bond motifs is 1. The lowest BCUT2D eigenvalue weighted by molar-refractivity contribution is 0.102. The molecule has 1 amide bonds. The molecule has 0 spiro atoms. The molecule has 2 heterocycles. The summed E-state index contributed by atoms with van der Waals surface area (Å²) in [6, 6.07) is 13.0. The van der Waals surface area contributed by atoms with Gasteiger partial charge >= 0.3 is 0 Å². The van der Waals surface area contributed by atoms with Crippen molar-refractivity contribution in [2.75, 3.05) is 32.1 Å². The van der Waals surface area contributed by atoms with Gasteiger partial charge in [-0.25, -0.2) is 4.98 Å². The summed E-state index contributed by atoms with van der Waals surface area (Å²) >= 11 is 0. The molecule has 1 aliphatic rings. The van der Waals surface area contributed by atoms with E-state index >= 15 is 0 Å². The zero-order valence-corrected chi connectivity index (χ0v) is 15.5. The number of benzene rings is 2. The smallest absolute Gasteiger partial charge is 0.255 e. The number of methoxy groups -OCH3 is 1. The van der Waals surface area contributed by atoms with Gasteiger partial charge in [-0.05, 0) is 56.3 Å². The molecule has 0 bridgehead atoms. The van der Waals surface area contributed by atoms with Gasteiger partial charge in [0.2, 0.25) is 0 Å². The van der Waals surface area contributed by atoms with Crippen LogP contribution < -0.4 is 10.1 Å². The first kappa shape index (κ1) is 17.5. The molecule has 1 aromatic heterocycles. The number of ether oxygens (including phenoxy) is 1. The Morgan fingerprint density at radius 3 is 2.81 bits per heavy atom. The van der Waals surface area contributed by atoms with E-state index in [1.807, 2.05) is 42.7 Å². The van der Waals surface area contributed by atoms with Crippen LogP contribution in [0.1, 0.15) is 23.2 Å². The number of aromatic nitrogens is 2. The zero-order valence-electron chi connectivity index (χ0n) is 15.5. The second kappa shape index (κ2) is 7.80. The minimum Gasteiger partial charge on any atom is -0.497 e. The van der Waals surface area contributed by atoms with Crippen molar-refractivity contribution in [1.29, 1.82) is 0 Å². The third kappa shape index (κ3) is 3.95. The predicted octanol–water partition coefficient (Wildman–Crippen LogP) is 3.39. The van der Waals surface area contributed by atoms with Crippen molar-refractivity contribution in [3.63, 3.8) is 0 Å². The van der Waals surface area contributed by atoms with Crippen molar-refractivity contribution in [2.24, 2.45) is 0 Å². The standard InChI is InChI=1S/C21H24N4O2/c1-27-18-6-4-5-17(14-18)23-21(26)16-7-8-20-19(13-16)22-15-25(20)12-11-24-9-2-3-10-24/h4-8,13-15H,2-3,9-12H2,1H3,(H,23,26). The third-order valence-electron chi connectivity index (χ3n) is 5.07. The van der Waals surface area contributed by atoms with Crippen LogP contribution in [-0.2, 0) is 6.54 Å². The lowest BCUT2D eigenvalue weighted by Gasteiger charge is -2.15. The first-order valence-corrected chi connectivity index (χ1v) is 9.35. The molecule has 0 atom stereocenters. The first-order chi connectivity index (χ1) is 13.2. The summed E-state index contributed by atoms with van der Waals surface area (Å²) in [6.45, 7) is 4.36. The summed E-state index contributed by atoms with van der Waals surface area (Å²) in [5.74, 6) is 0.553. The fourth-order valence-corrected chi connectivity index (χ4v) is 3.54. The van der Waals surface area contributed by atoms with Gasteiger partial charge in [-0.3, -0.25) is 4.79 Å². The number of amides is 1. The summed E-state index contributed by atoms with van der Waals surface area (Å²) in [5.41, 5.74) is 3.20. The lowest BCUT2D eigenvalue weighted by atomic mass is 10.1. The van der Waals surface area contributed by atoms with E-state index in [-0.39, 0.29) is 5.91 Å². The Morgan fingerprint density at radius 1 is 1.15 bits per heavy atom. The molecule has 1 fully saturated rings. The third-order valence-corrected chi connectivity index (χ3v) is 5.07. The van der Waals surface area contributed by atoms with Gasteiger partial charge in [0.1, 0.15) is 5.75 Å². The van der Waals surface area contributed by atoms with E-state index < -0.39 is 0 Å². The Labute approximate surface area is 158 Å². The molecule has 6 heteroatoms. The van der Waals surface area contributed by atoms with E-state index in [4.69, 9.17) is 4.74 Å². The van der Waals surface area contributed by atoms with Crippen LogP contribution in [0.15, 0.2) is 48.8 Å². The normalized spacial score (nSPS) is 14.6. The van der Waals surface area contributed by atoms with E-state index in [2.05, 4.69) is 19.8 Å². The molecular formula is C21H24N4O2. The van der Waals surface area contributed by atoms with Crippen LogP contribution in [0.5, 0.6) is 5.75 Å². The van der Waals surface area contributed by atoms with Gasteiger partial charge in [0, 0.05) is 30.4 Å². The number of hydrogen-bond donors (Lipinski definition) is 1. The number of nitrogens with zero attached hydrogens (tertiary/aromatic N) is 3. The highest BCUT2D eigenvalue weighted by Gasteiger charge is 2.13. The monoisotopic (exact) mass is 364 g/mol. The Bertz CT molecular complexity index is 944. The second-order valence-corrected chi connectivity index (χ2v) is 6.88. The van der Waals surface area contributed by atoms with Crippen molar-refractivity contribution in [2.45, 2.75) is 19.4 Å². The molecule has 1 N–H and O–H groups in total. The number of imidazole rings is 1. The van der Waals surface area contributed by atoms with Crippen molar-refractivity contribution in [3.8, 4) is 5.75 Å². The average Bonchev–Trinajstić information content (AvgIpc) is 3.35.